The zero-order chi connectivity index (χ0) is 21.1. The van der Waals surface area contributed by atoms with Gasteiger partial charge in [-0.1, -0.05) is 19.1 Å². The number of esters is 1. The van der Waals surface area contributed by atoms with E-state index in [0.717, 1.165) is 0 Å². The van der Waals surface area contributed by atoms with Crippen LogP contribution in [0.25, 0.3) is 0 Å². The SMILES string of the molecule is CCOC(=O)[C@H]1[C@H]2C(=O)N(CCCO)[C@H](C(=O)NC(C)(C)C)[C@H]2C=C[C@H]1CC. The number of amides is 2. The molecule has 0 unspecified atom stereocenters. The average Bonchev–Trinajstić information content (AvgIpc) is 2.90. The number of ether oxygens (including phenoxy) is 1. The van der Waals surface area contributed by atoms with Gasteiger partial charge in [-0.05, 0) is 46.5 Å². The number of nitrogens with one attached hydrogen (secondary N) is 1. The first kappa shape index (κ1) is 22.4. The molecule has 0 radical (unpaired) electrons. The summed E-state index contributed by atoms with van der Waals surface area (Å²) in [6, 6.07) is -0.686. The molecule has 0 aromatic rings. The molecule has 2 aliphatic rings. The van der Waals surface area contributed by atoms with Gasteiger partial charge in [0.15, 0.2) is 0 Å². The van der Waals surface area contributed by atoms with Gasteiger partial charge < -0.3 is 20.1 Å². The number of aliphatic hydroxyl groups excluding tert-OH is 1. The minimum Gasteiger partial charge on any atom is -0.466 e. The molecular weight excluding hydrogens is 360 g/mol. The number of aliphatic hydroxyl groups is 1. The van der Waals surface area contributed by atoms with Gasteiger partial charge in [-0.3, -0.25) is 14.4 Å². The molecule has 1 fully saturated rings. The molecule has 5 atom stereocenters. The van der Waals surface area contributed by atoms with Gasteiger partial charge in [0.05, 0.1) is 18.4 Å². The Labute approximate surface area is 167 Å². The normalized spacial score (nSPS) is 29.6. The van der Waals surface area contributed by atoms with Gasteiger partial charge in [-0.15, -0.1) is 0 Å². The van der Waals surface area contributed by atoms with Crippen molar-refractivity contribution in [3.8, 4) is 0 Å². The molecular formula is C21H34N2O5. The molecule has 0 bridgehead atoms. The van der Waals surface area contributed by atoms with Crippen LogP contribution in [0.3, 0.4) is 0 Å². The number of carbonyl (C=O) groups is 3. The van der Waals surface area contributed by atoms with E-state index in [2.05, 4.69) is 5.32 Å². The Morgan fingerprint density at radius 2 is 1.93 bits per heavy atom. The van der Waals surface area contributed by atoms with E-state index in [1.165, 1.54) is 0 Å². The second kappa shape index (κ2) is 9.07. The largest absolute Gasteiger partial charge is 0.466 e. The summed E-state index contributed by atoms with van der Waals surface area (Å²) in [7, 11) is 0. The van der Waals surface area contributed by atoms with Crippen LogP contribution in [0.1, 0.15) is 47.5 Å². The Balaban J connectivity index is 2.43. The van der Waals surface area contributed by atoms with Crippen LogP contribution in [-0.4, -0.2) is 59.1 Å². The molecule has 7 nitrogen and oxygen atoms in total. The number of likely N-dealkylation sites (tertiary alicyclic amines) is 1. The number of carbonyl (C=O) groups excluding carboxylic acids is 3. The van der Waals surface area contributed by atoms with Crippen LogP contribution in [0, 0.1) is 23.7 Å². The first-order valence-corrected chi connectivity index (χ1v) is 10.2. The summed E-state index contributed by atoms with van der Waals surface area (Å²) in [5.41, 5.74) is -0.439. The highest BCUT2D eigenvalue weighted by Crippen LogP contribution is 2.45. The highest BCUT2D eigenvalue weighted by atomic mass is 16.5. The summed E-state index contributed by atoms with van der Waals surface area (Å²) in [6.45, 7) is 9.87. The van der Waals surface area contributed by atoms with Gasteiger partial charge in [0.25, 0.3) is 0 Å². The maximum absolute atomic E-state index is 13.3. The molecule has 7 heteroatoms. The summed E-state index contributed by atoms with van der Waals surface area (Å²) in [4.78, 5) is 40.7. The van der Waals surface area contributed by atoms with E-state index < -0.39 is 23.4 Å². The van der Waals surface area contributed by atoms with Crippen molar-refractivity contribution in [1.82, 2.24) is 10.2 Å². The minimum absolute atomic E-state index is 0.0680. The van der Waals surface area contributed by atoms with E-state index in [9.17, 15) is 19.5 Å². The summed E-state index contributed by atoms with van der Waals surface area (Å²) in [5, 5.41) is 12.2. The number of hydrogen-bond acceptors (Lipinski definition) is 5. The molecule has 1 saturated heterocycles. The van der Waals surface area contributed by atoms with Crippen molar-refractivity contribution < 1.29 is 24.2 Å². The quantitative estimate of drug-likeness (QED) is 0.504. The molecule has 0 spiro atoms. The summed E-state index contributed by atoms with van der Waals surface area (Å²) in [6.07, 6.45) is 4.99. The number of fused-ring (bicyclic) bond motifs is 1. The fraction of sp³-hybridized carbons (Fsp3) is 0.762. The topological polar surface area (TPSA) is 95.9 Å². The minimum atomic E-state index is -0.686. The van der Waals surface area contributed by atoms with Crippen LogP contribution in [0.4, 0.5) is 0 Å². The van der Waals surface area contributed by atoms with Crippen LogP contribution in [0.2, 0.25) is 0 Å². The van der Waals surface area contributed by atoms with Crippen molar-refractivity contribution in [2.75, 3.05) is 19.8 Å². The number of rotatable bonds is 7. The van der Waals surface area contributed by atoms with Crippen molar-refractivity contribution in [1.29, 1.82) is 0 Å². The standard InChI is InChI=1S/C21H34N2O5/c1-6-13-9-10-14-16(15(13)20(27)28-7-2)19(26)23(11-8-12-24)17(14)18(25)22-21(3,4)5/h9-10,13-17,24H,6-8,11-12H2,1-5H3,(H,22,25)/t13-,14+,15-,16+,17+/m1/s1. The highest BCUT2D eigenvalue weighted by molar-refractivity contribution is 5.96. The van der Waals surface area contributed by atoms with E-state index in [1.807, 2.05) is 39.8 Å². The molecule has 0 aromatic carbocycles. The fourth-order valence-corrected chi connectivity index (χ4v) is 4.37. The maximum atomic E-state index is 13.3. The Bertz CT molecular complexity index is 625. The third kappa shape index (κ3) is 4.57. The van der Waals surface area contributed by atoms with Gasteiger partial charge in [-0.2, -0.15) is 0 Å². The van der Waals surface area contributed by atoms with Crippen molar-refractivity contribution in [2.45, 2.75) is 59.0 Å². The summed E-state index contributed by atoms with van der Waals surface area (Å²) in [5.74, 6) is -2.47. The maximum Gasteiger partial charge on any atom is 0.310 e. The molecule has 158 valence electrons. The van der Waals surface area contributed by atoms with Crippen molar-refractivity contribution in [3.63, 3.8) is 0 Å². The number of hydrogen-bond donors (Lipinski definition) is 2. The Kier molecular flexibility index (Phi) is 7.26. The molecule has 2 amide bonds. The van der Waals surface area contributed by atoms with E-state index in [4.69, 9.17) is 4.74 Å². The van der Waals surface area contributed by atoms with E-state index in [0.29, 0.717) is 12.8 Å². The Morgan fingerprint density at radius 1 is 1.25 bits per heavy atom. The first-order valence-electron chi connectivity index (χ1n) is 10.2. The van der Waals surface area contributed by atoms with Crippen molar-refractivity contribution >= 4 is 17.8 Å². The van der Waals surface area contributed by atoms with Gasteiger partial charge in [0.2, 0.25) is 11.8 Å². The van der Waals surface area contributed by atoms with Crippen molar-refractivity contribution in [2.24, 2.45) is 23.7 Å². The molecule has 1 aliphatic carbocycles. The lowest BCUT2D eigenvalue weighted by Gasteiger charge is -2.34. The zero-order valence-electron chi connectivity index (χ0n) is 17.6. The Morgan fingerprint density at radius 3 is 2.46 bits per heavy atom. The van der Waals surface area contributed by atoms with Gasteiger partial charge in [0, 0.05) is 24.6 Å². The van der Waals surface area contributed by atoms with Crippen LogP contribution in [0.15, 0.2) is 12.2 Å². The summed E-state index contributed by atoms with van der Waals surface area (Å²) < 4.78 is 5.28. The fourth-order valence-electron chi connectivity index (χ4n) is 4.37. The van der Waals surface area contributed by atoms with Gasteiger partial charge >= 0.3 is 5.97 Å². The molecule has 1 aliphatic heterocycles. The molecule has 1 heterocycles. The lowest BCUT2D eigenvalue weighted by Crippen LogP contribution is -2.52. The second-order valence-electron chi connectivity index (χ2n) is 8.63. The lowest BCUT2D eigenvalue weighted by molar-refractivity contribution is -0.155. The second-order valence-corrected chi connectivity index (χ2v) is 8.63. The van der Waals surface area contributed by atoms with E-state index >= 15 is 0 Å². The third-order valence-electron chi connectivity index (χ3n) is 5.47. The predicted molar refractivity (Wildman–Crippen MR) is 105 cm³/mol. The van der Waals surface area contributed by atoms with Crippen molar-refractivity contribution in [3.05, 3.63) is 12.2 Å². The predicted octanol–water partition coefficient (Wildman–Crippen LogP) is 1.50. The zero-order valence-corrected chi connectivity index (χ0v) is 17.6. The first-order chi connectivity index (χ1) is 13.2. The van der Waals surface area contributed by atoms with Gasteiger partial charge in [-0.25, -0.2) is 0 Å². The van der Waals surface area contributed by atoms with Crippen LogP contribution >= 0.6 is 0 Å². The van der Waals surface area contributed by atoms with Crippen LogP contribution < -0.4 is 5.32 Å². The molecule has 28 heavy (non-hydrogen) atoms. The van der Waals surface area contributed by atoms with Gasteiger partial charge in [0.1, 0.15) is 6.04 Å². The molecule has 0 aromatic heterocycles. The van der Waals surface area contributed by atoms with Crippen LogP contribution in [0.5, 0.6) is 0 Å². The molecule has 2 rings (SSSR count). The van der Waals surface area contributed by atoms with E-state index in [1.54, 1.807) is 11.8 Å². The smallest absolute Gasteiger partial charge is 0.310 e. The van der Waals surface area contributed by atoms with Crippen LogP contribution in [-0.2, 0) is 19.1 Å². The monoisotopic (exact) mass is 394 g/mol. The Hall–Kier alpha value is -1.89. The third-order valence-corrected chi connectivity index (χ3v) is 5.47. The number of allylic oxidation sites excluding steroid dienone is 1. The molecule has 0 saturated carbocycles. The molecule has 2 N–H and O–H groups in total. The highest BCUT2D eigenvalue weighted by Gasteiger charge is 2.57. The number of nitrogens with zero attached hydrogens (tertiary/aromatic N) is 1. The summed E-state index contributed by atoms with van der Waals surface area (Å²) >= 11 is 0. The average molecular weight is 395 g/mol. The lowest BCUT2D eigenvalue weighted by atomic mass is 9.69. The van der Waals surface area contributed by atoms with E-state index in [-0.39, 0.29) is 49.4 Å².